The van der Waals surface area contributed by atoms with Crippen LogP contribution < -0.4 is 9.64 Å². The van der Waals surface area contributed by atoms with Crippen molar-refractivity contribution in [3.63, 3.8) is 0 Å². The van der Waals surface area contributed by atoms with E-state index in [1.165, 1.54) is 13.3 Å². The van der Waals surface area contributed by atoms with Crippen molar-refractivity contribution >= 4 is 23.6 Å². The van der Waals surface area contributed by atoms with Crippen molar-refractivity contribution in [3.8, 4) is 5.75 Å². The van der Waals surface area contributed by atoms with E-state index in [-0.39, 0.29) is 28.6 Å². The van der Waals surface area contributed by atoms with Gasteiger partial charge >= 0.3 is 24.1 Å². The molecule has 1 unspecified atom stereocenters. The smallest absolute Gasteiger partial charge is 0.491 e. The van der Waals surface area contributed by atoms with Crippen molar-refractivity contribution in [1.29, 1.82) is 0 Å². The normalized spacial score (nSPS) is 21.6. The molecule has 30 heavy (non-hydrogen) atoms. The number of ether oxygens (including phenoxy) is 5. The van der Waals surface area contributed by atoms with Gasteiger partial charge in [0.25, 0.3) is 0 Å². The first-order valence-corrected chi connectivity index (χ1v) is 9.02. The van der Waals surface area contributed by atoms with Crippen LogP contribution in [0.5, 0.6) is 5.75 Å². The molecular formula is C19H17F2NO8. The van der Waals surface area contributed by atoms with E-state index < -0.39 is 41.8 Å². The summed E-state index contributed by atoms with van der Waals surface area (Å²) >= 11 is 0. The van der Waals surface area contributed by atoms with Crippen LogP contribution in [0, 0.1) is 11.6 Å². The van der Waals surface area contributed by atoms with Crippen molar-refractivity contribution in [1.82, 2.24) is 0 Å². The zero-order chi connectivity index (χ0) is 21.8. The number of benzene rings is 1. The lowest BCUT2D eigenvalue weighted by molar-refractivity contribution is -0.465. The second-order valence-corrected chi connectivity index (χ2v) is 6.94. The van der Waals surface area contributed by atoms with E-state index in [1.54, 1.807) is 4.90 Å². The minimum atomic E-state index is -2.81. The van der Waals surface area contributed by atoms with Gasteiger partial charge in [-0.2, -0.15) is 4.39 Å². The molecule has 0 bridgehead atoms. The van der Waals surface area contributed by atoms with Crippen molar-refractivity contribution in [2.45, 2.75) is 45.0 Å². The predicted molar refractivity (Wildman–Crippen MR) is 92.7 cm³/mol. The summed E-state index contributed by atoms with van der Waals surface area (Å²) in [5.41, 5.74) is 0.106. The highest BCUT2D eigenvalue weighted by molar-refractivity contribution is 5.94. The van der Waals surface area contributed by atoms with Gasteiger partial charge in [-0.05, 0) is 18.9 Å². The standard InChI is InChI=1S/C19H17F2NO8/c1-8(23)27-19(28-9(2)24)29-16-11-6-13(20)14(21)17(26-3)15(11)22(10-4-5-10)7-12(16)18(25)30-19/h6-7,10,16H,4-5H2,1-3H3. The summed E-state index contributed by atoms with van der Waals surface area (Å²) in [6.45, 7) is 1.96. The Labute approximate surface area is 169 Å². The summed E-state index contributed by atoms with van der Waals surface area (Å²) in [5, 5.41) is 0. The van der Waals surface area contributed by atoms with E-state index in [2.05, 4.69) is 0 Å². The average molecular weight is 425 g/mol. The Bertz CT molecular complexity index is 971. The minimum absolute atomic E-state index is 0.0236. The first-order valence-electron chi connectivity index (χ1n) is 9.02. The number of nitrogens with zero attached hydrogens (tertiary/aromatic N) is 1. The largest absolute Gasteiger partial charge is 0.567 e. The number of methoxy groups -OCH3 is 1. The second-order valence-electron chi connectivity index (χ2n) is 6.94. The highest BCUT2D eigenvalue weighted by Crippen LogP contribution is 2.52. The molecule has 0 amide bonds. The third kappa shape index (κ3) is 3.24. The number of hydrogen-bond acceptors (Lipinski definition) is 9. The highest BCUT2D eigenvalue weighted by Gasteiger charge is 2.56. The monoisotopic (exact) mass is 425 g/mol. The number of carbonyl (C=O) groups excluding carboxylic acids is 3. The summed E-state index contributed by atoms with van der Waals surface area (Å²) in [4.78, 5) is 37.4. The SMILES string of the molecule is COc1c(F)c(F)cc2c1N(C1CC1)C=C1C(=O)OC(OC(C)=O)(OC(C)=O)OC12. The van der Waals surface area contributed by atoms with Gasteiger partial charge in [0.1, 0.15) is 6.10 Å². The van der Waals surface area contributed by atoms with E-state index in [0.29, 0.717) is 0 Å². The molecule has 0 spiro atoms. The lowest BCUT2D eigenvalue weighted by Crippen LogP contribution is -2.52. The highest BCUT2D eigenvalue weighted by atomic mass is 19.2. The molecule has 0 N–H and O–H groups in total. The molecule has 1 aromatic carbocycles. The first kappa shape index (κ1) is 20.1. The number of cyclic esters (lactones) is 1. The van der Waals surface area contributed by atoms with Gasteiger partial charge in [0.05, 0.1) is 18.4 Å². The summed E-state index contributed by atoms with van der Waals surface area (Å²) < 4.78 is 54.1. The molecule has 2 heterocycles. The van der Waals surface area contributed by atoms with Gasteiger partial charge in [-0.3, -0.25) is 14.3 Å². The Kier molecular flexibility index (Phi) is 4.64. The fourth-order valence-electron chi connectivity index (χ4n) is 3.44. The fraction of sp³-hybridized carbons (Fsp3) is 0.421. The van der Waals surface area contributed by atoms with Crippen LogP contribution in [0.4, 0.5) is 14.5 Å². The van der Waals surface area contributed by atoms with Crippen LogP contribution in [0.2, 0.25) is 0 Å². The van der Waals surface area contributed by atoms with Crippen LogP contribution in [-0.4, -0.2) is 37.2 Å². The van der Waals surface area contributed by atoms with Crippen molar-refractivity contribution in [3.05, 3.63) is 35.0 Å². The molecule has 0 radical (unpaired) electrons. The van der Waals surface area contributed by atoms with Gasteiger partial charge in [-0.15, -0.1) is 0 Å². The number of esters is 3. The zero-order valence-electron chi connectivity index (χ0n) is 16.2. The zero-order valence-corrected chi connectivity index (χ0v) is 16.2. The lowest BCUT2D eigenvalue weighted by atomic mass is 9.94. The molecule has 11 heteroatoms. The number of hydrogen-bond donors (Lipinski definition) is 0. The van der Waals surface area contributed by atoms with E-state index >= 15 is 0 Å². The van der Waals surface area contributed by atoms with Crippen LogP contribution >= 0.6 is 0 Å². The Balaban J connectivity index is 1.88. The van der Waals surface area contributed by atoms with Crippen LogP contribution in [0.1, 0.15) is 38.4 Å². The summed E-state index contributed by atoms with van der Waals surface area (Å²) in [5.74, 6) is -5.79. The quantitative estimate of drug-likeness (QED) is 0.531. The molecule has 0 aromatic heterocycles. The van der Waals surface area contributed by atoms with Crippen LogP contribution in [0.15, 0.2) is 17.8 Å². The topological polar surface area (TPSA) is 101 Å². The van der Waals surface area contributed by atoms with Gasteiger partial charge in [-0.1, -0.05) is 0 Å². The predicted octanol–water partition coefficient (Wildman–Crippen LogP) is 2.19. The molecule has 2 aliphatic heterocycles. The molecular weight excluding hydrogens is 408 g/mol. The van der Waals surface area contributed by atoms with E-state index in [1.807, 2.05) is 0 Å². The van der Waals surface area contributed by atoms with Crippen LogP contribution in [0.25, 0.3) is 0 Å². The molecule has 1 saturated carbocycles. The number of anilines is 1. The average Bonchev–Trinajstić information content (AvgIpc) is 3.46. The van der Waals surface area contributed by atoms with E-state index in [0.717, 1.165) is 32.8 Å². The maximum Gasteiger partial charge on any atom is 0.567 e. The maximum absolute atomic E-state index is 14.4. The van der Waals surface area contributed by atoms with Gasteiger partial charge < -0.3 is 23.8 Å². The lowest BCUT2D eigenvalue weighted by Gasteiger charge is -2.41. The van der Waals surface area contributed by atoms with Crippen molar-refractivity contribution in [2.24, 2.45) is 0 Å². The summed E-state index contributed by atoms with van der Waals surface area (Å²) in [6, 6.07) is 0.794. The second kappa shape index (κ2) is 6.94. The molecule has 3 aliphatic rings. The maximum atomic E-state index is 14.4. The Morgan fingerprint density at radius 3 is 2.37 bits per heavy atom. The van der Waals surface area contributed by atoms with Gasteiger partial charge in [0.2, 0.25) is 5.82 Å². The molecule has 2 fully saturated rings. The number of rotatable bonds is 4. The molecule has 9 nitrogen and oxygen atoms in total. The Morgan fingerprint density at radius 1 is 1.20 bits per heavy atom. The number of carbonyl (C=O) groups is 3. The Hall–Kier alpha value is -3.21. The Morgan fingerprint density at radius 2 is 1.83 bits per heavy atom. The van der Waals surface area contributed by atoms with Gasteiger partial charge in [0.15, 0.2) is 11.6 Å². The third-order valence-corrected chi connectivity index (χ3v) is 4.68. The van der Waals surface area contributed by atoms with Crippen molar-refractivity contribution < 1.29 is 46.8 Å². The van der Waals surface area contributed by atoms with Crippen LogP contribution in [-0.2, 0) is 33.3 Å². The molecule has 1 aliphatic carbocycles. The summed E-state index contributed by atoms with van der Waals surface area (Å²) in [7, 11) is 1.18. The molecule has 1 aromatic rings. The van der Waals surface area contributed by atoms with E-state index in [4.69, 9.17) is 23.7 Å². The first-order chi connectivity index (χ1) is 14.2. The molecule has 1 atom stereocenters. The van der Waals surface area contributed by atoms with Gasteiger partial charge in [-0.25, -0.2) is 9.18 Å². The molecule has 160 valence electrons. The van der Waals surface area contributed by atoms with Crippen LogP contribution in [0.3, 0.4) is 0 Å². The molecule has 1 saturated heterocycles. The fourth-order valence-corrected chi connectivity index (χ4v) is 3.44. The third-order valence-electron chi connectivity index (χ3n) is 4.68. The minimum Gasteiger partial charge on any atom is -0.491 e. The number of halogens is 2. The van der Waals surface area contributed by atoms with E-state index in [9.17, 15) is 23.2 Å². The van der Waals surface area contributed by atoms with Gasteiger partial charge in [0, 0.05) is 31.7 Å². The molecule has 4 rings (SSSR count). The summed E-state index contributed by atoms with van der Waals surface area (Å²) in [6.07, 6.45) is -1.29. The van der Waals surface area contributed by atoms with Crippen molar-refractivity contribution in [2.75, 3.05) is 12.0 Å². The number of fused-ring (bicyclic) bond motifs is 3.